The molecule has 0 fully saturated rings. The van der Waals surface area contributed by atoms with E-state index in [1.807, 2.05) is 25.1 Å². The van der Waals surface area contributed by atoms with Gasteiger partial charge in [0.1, 0.15) is 5.75 Å². The summed E-state index contributed by atoms with van der Waals surface area (Å²) < 4.78 is 4.98. The molecule has 0 N–H and O–H groups in total. The average molecular weight is 254 g/mol. The molecule has 4 heteroatoms. The Kier molecular flexibility index (Phi) is 4.03. The number of allylic oxidation sites excluding steroid dienone is 1. The number of nitrogens with zero attached hydrogens (tertiary/aromatic N) is 2. The topological polar surface area (TPSA) is 52.1 Å². The van der Waals surface area contributed by atoms with Crippen molar-refractivity contribution >= 4 is 17.6 Å². The maximum atomic E-state index is 10.8. The maximum Gasteiger partial charge on any atom is 0.308 e. The van der Waals surface area contributed by atoms with Crippen LogP contribution >= 0.6 is 0 Å². The first-order valence-electron chi connectivity index (χ1n) is 5.88. The minimum atomic E-state index is -0.320. The van der Waals surface area contributed by atoms with E-state index < -0.39 is 0 Å². The van der Waals surface area contributed by atoms with Crippen LogP contribution in [0.5, 0.6) is 5.75 Å². The highest BCUT2D eigenvalue weighted by atomic mass is 16.5. The average Bonchev–Trinajstić information content (AvgIpc) is 2.41. The van der Waals surface area contributed by atoms with Gasteiger partial charge in [0.15, 0.2) is 0 Å². The van der Waals surface area contributed by atoms with Crippen LogP contribution in [0.15, 0.2) is 42.9 Å². The van der Waals surface area contributed by atoms with Crippen LogP contribution in [-0.2, 0) is 4.79 Å². The molecule has 0 atom stereocenters. The summed E-state index contributed by atoms with van der Waals surface area (Å²) in [4.78, 5) is 19.1. The van der Waals surface area contributed by atoms with E-state index in [2.05, 4.69) is 9.97 Å². The van der Waals surface area contributed by atoms with Crippen LogP contribution in [0.25, 0.3) is 11.6 Å². The van der Waals surface area contributed by atoms with E-state index in [1.165, 1.54) is 6.92 Å². The molecular weight excluding hydrogens is 240 g/mol. The monoisotopic (exact) mass is 254 g/mol. The highest BCUT2D eigenvalue weighted by molar-refractivity contribution is 5.78. The molecule has 1 aromatic heterocycles. The number of carbonyl (C=O) groups is 1. The van der Waals surface area contributed by atoms with Crippen molar-refractivity contribution in [2.45, 2.75) is 13.8 Å². The zero-order valence-corrected chi connectivity index (χ0v) is 10.8. The van der Waals surface area contributed by atoms with Gasteiger partial charge in [-0.3, -0.25) is 14.8 Å². The number of aromatic nitrogens is 2. The molecule has 0 aliphatic rings. The summed E-state index contributed by atoms with van der Waals surface area (Å²) in [6.07, 6.45) is 7.03. The fourth-order valence-corrected chi connectivity index (χ4v) is 1.62. The molecule has 0 spiro atoms. The van der Waals surface area contributed by atoms with E-state index in [4.69, 9.17) is 4.74 Å². The molecule has 1 heterocycles. The van der Waals surface area contributed by atoms with Crippen LogP contribution in [-0.4, -0.2) is 15.9 Å². The van der Waals surface area contributed by atoms with Crippen molar-refractivity contribution in [3.8, 4) is 5.75 Å². The van der Waals surface area contributed by atoms with Crippen LogP contribution in [0.2, 0.25) is 0 Å². The van der Waals surface area contributed by atoms with Crippen molar-refractivity contribution in [1.82, 2.24) is 9.97 Å². The second-order valence-electron chi connectivity index (χ2n) is 4.08. The Bertz CT molecular complexity index is 589. The SMILES string of the molecule is CC(=O)Oc1ccc(/C=C(\C)c2cnccn2)cc1. The third kappa shape index (κ3) is 3.74. The second kappa shape index (κ2) is 5.91. The number of ether oxygens (including phenoxy) is 1. The zero-order valence-electron chi connectivity index (χ0n) is 10.8. The molecule has 0 bridgehead atoms. The third-order valence-electron chi connectivity index (χ3n) is 2.49. The van der Waals surface area contributed by atoms with Crippen LogP contribution in [0.4, 0.5) is 0 Å². The first kappa shape index (κ1) is 13.0. The fourth-order valence-electron chi connectivity index (χ4n) is 1.62. The Balaban J connectivity index is 2.17. The lowest BCUT2D eigenvalue weighted by molar-refractivity contribution is -0.131. The molecule has 2 aromatic rings. The van der Waals surface area contributed by atoms with Gasteiger partial charge in [-0.2, -0.15) is 0 Å². The van der Waals surface area contributed by atoms with Crippen molar-refractivity contribution in [3.05, 3.63) is 54.1 Å². The van der Waals surface area contributed by atoms with Gasteiger partial charge in [-0.1, -0.05) is 12.1 Å². The van der Waals surface area contributed by atoms with Crippen molar-refractivity contribution in [2.24, 2.45) is 0 Å². The molecular formula is C15H14N2O2. The molecule has 0 saturated heterocycles. The Hall–Kier alpha value is -2.49. The highest BCUT2D eigenvalue weighted by Crippen LogP contribution is 2.17. The van der Waals surface area contributed by atoms with E-state index in [-0.39, 0.29) is 5.97 Å². The Morgan fingerprint density at radius 2 is 1.89 bits per heavy atom. The van der Waals surface area contributed by atoms with Gasteiger partial charge in [-0.15, -0.1) is 0 Å². The van der Waals surface area contributed by atoms with Gasteiger partial charge < -0.3 is 4.74 Å². The smallest absolute Gasteiger partial charge is 0.308 e. The summed E-state index contributed by atoms with van der Waals surface area (Å²) in [5, 5.41) is 0. The molecule has 0 radical (unpaired) electrons. The summed E-state index contributed by atoms with van der Waals surface area (Å²) in [6.45, 7) is 3.36. The summed E-state index contributed by atoms with van der Waals surface area (Å²) in [6, 6.07) is 7.30. The first-order chi connectivity index (χ1) is 9.15. The van der Waals surface area contributed by atoms with Gasteiger partial charge in [-0.05, 0) is 36.3 Å². The van der Waals surface area contributed by atoms with Gasteiger partial charge in [0.05, 0.1) is 11.9 Å². The molecule has 0 aliphatic carbocycles. The van der Waals surface area contributed by atoms with Gasteiger partial charge in [0.2, 0.25) is 0 Å². The van der Waals surface area contributed by atoms with Crippen molar-refractivity contribution in [2.75, 3.05) is 0 Å². The Morgan fingerprint density at radius 1 is 1.16 bits per heavy atom. The van der Waals surface area contributed by atoms with E-state index in [0.29, 0.717) is 5.75 Å². The van der Waals surface area contributed by atoms with Gasteiger partial charge >= 0.3 is 5.97 Å². The molecule has 0 amide bonds. The largest absolute Gasteiger partial charge is 0.427 e. The molecule has 0 saturated carbocycles. The predicted octanol–water partition coefficient (Wildman–Crippen LogP) is 2.96. The third-order valence-corrected chi connectivity index (χ3v) is 2.49. The molecule has 0 aliphatic heterocycles. The number of rotatable bonds is 3. The van der Waals surface area contributed by atoms with Crippen LogP contribution in [0, 0.1) is 0 Å². The number of benzene rings is 1. The van der Waals surface area contributed by atoms with Crippen molar-refractivity contribution in [3.63, 3.8) is 0 Å². The number of carbonyl (C=O) groups excluding carboxylic acids is 1. The summed E-state index contributed by atoms with van der Waals surface area (Å²) in [7, 11) is 0. The summed E-state index contributed by atoms with van der Waals surface area (Å²) in [5.41, 5.74) is 2.87. The van der Waals surface area contributed by atoms with Crippen LogP contribution in [0.1, 0.15) is 25.1 Å². The van der Waals surface area contributed by atoms with Gasteiger partial charge in [0.25, 0.3) is 0 Å². The molecule has 0 unspecified atom stereocenters. The lowest BCUT2D eigenvalue weighted by Gasteiger charge is -2.02. The molecule has 4 nitrogen and oxygen atoms in total. The normalized spacial score (nSPS) is 11.2. The zero-order chi connectivity index (χ0) is 13.7. The molecule has 2 rings (SSSR count). The van der Waals surface area contributed by atoms with Crippen LogP contribution < -0.4 is 4.74 Å². The Labute approximate surface area is 111 Å². The van der Waals surface area contributed by atoms with Crippen molar-refractivity contribution < 1.29 is 9.53 Å². The van der Waals surface area contributed by atoms with E-state index in [0.717, 1.165) is 16.8 Å². The lowest BCUT2D eigenvalue weighted by Crippen LogP contribution is -2.00. The quantitative estimate of drug-likeness (QED) is 0.624. The van der Waals surface area contributed by atoms with E-state index in [1.54, 1.807) is 30.7 Å². The van der Waals surface area contributed by atoms with E-state index >= 15 is 0 Å². The number of hydrogen-bond acceptors (Lipinski definition) is 4. The highest BCUT2D eigenvalue weighted by Gasteiger charge is 1.99. The number of esters is 1. The summed E-state index contributed by atoms with van der Waals surface area (Å²) >= 11 is 0. The van der Waals surface area contributed by atoms with Gasteiger partial charge in [0, 0.05) is 19.3 Å². The minimum Gasteiger partial charge on any atom is -0.427 e. The van der Waals surface area contributed by atoms with Crippen LogP contribution in [0.3, 0.4) is 0 Å². The summed E-state index contributed by atoms with van der Waals surface area (Å²) in [5.74, 6) is 0.223. The molecule has 1 aromatic carbocycles. The molecule has 19 heavy (non-hydrogen) atoms. The minimum absolute atomic E-state index is 0.320. The van der Waals surface area contributed by atoms with E-state index in [9.17, 15) is 4.79 Å². The predicted molar refractivity (Wildman–Crippen MR) is 73.3 cm³/mol. The first-order valence-corrected chi connectivity index (χ1v) is 5.88. The van der Waals surface area contributed by atoms with Crippen molar-refractivity contribution in [1.29, 1.82) is 0 Å². The standard InChI is InChI=1S/C15H14N2O2/c1-11(15-10-16-7-8-17-15)9-13-3-5-14(6-4-13)19-12(2)18/h3-10H,1-2H3/b11-9+. The Morgan fingerprint density at radius 3 is 2.47 bits per heavy atom. The van der Waals surface area contributed by atoms with Gasteiger partial charge in [-0.25, -0.2) is 0 Å². The lowest BCUT2D eigenvalue weighted by atomic mass is 10.1. The number of hydrogen-bond donors (Lipinski definition) is 0. The maximum absolute atomic E-state index is 10.8. The second-order valence-corrected chi connectivity index (χ2v) is 4.08. The fraction of sp³-hybridized carbons (Fsp3) is 0.133. The molecule has 96 valence electrons.